The number of anilines is 2. The highest BCUT2D eigenvalue weighted by atomic mass is 32.2. The van der Waals surface area contributed by atoms with Gasteiger partial charge in [-0.2, -0.15) is 4.31 Å². The second-order valence-electron chi connectivity index (χ2n) is 11.3. The van der Waals surface area contributed by atoms with Gasteiger partial charge in [-0.3, -0.25) is 4.79 Å². The zero-order valence-corrected chi connectivity index (χ0v) is 24.7. The largest absolute Gasteiger partial charge is 0.474 e. The van der Waals surface area contributed by atoms with E-state index in [2.05, 4.69) is 27.2 Å². The van der Waals surface area contributed by atoms with Gasteiger partial charge in [-0.25, -0.2) is 27.2 Å². The first-order valence-electron chi connectivity index (χ1n) is 13.9. The summed E-state index contributed by atoms with van der Waals surface area (Å²) in [7, 11) is -1.62. The number of benzene rings is 1. The molecule has 0 radical (unpaired) electrons. The minimum atomic E-state index is -3.74. The molecule has 3 N–H and O–H groups in total. The van der Waals surface area contributed by atoms with Gasteiger partial charge >= 0.3 is 0 Å². The zero-order chi connectivity index (χ0) is 29.6. The number of rotatable bonds is 8. The molecule has 0 amide bonds. The standard InChI is InChI=1S/C28H32F2N6O4S2/c1-35-11-3-10-28(16-35)14-21(28)40-22-7-6-18(15-32-22)42(38,39)36-12-8-17(9-13-36)33-27-34-26(31)25(41-27)24(37)23-19(29)4-2-5-20(23)30/h2,4-7,15,17,21H,3,8-14,16,31H2,1H3,(H,33,34)/t21?,28-/m0/s1. The highest BCUT2D eigenvalue weighted by Gasteiger charge is 2.57. The summed E-state index contributed by atoms with van der Waals surface area (Å²) < 4.78 is 62.3. The van der Waals surface area contributed by atoms with Gasteiger partial charge in [-0.1, -0.05) is 17.4 Å². The molecule has 2 atom stereocenters. The molecule has 0 bridgehead atoms. The number of carbonyl (C=O) groups is 1. The number of halogens is 2. The van der Waals surface area contributed by atoms with Gasteiger partial charge in [0.1, 0.15) is 33.3 Å². The van der Waals surface area contributed by atoms with Crippen LogP contribution >= 0.6 is 11.3 Å². The molecule has 4 heterocycles. The van der Waals surface area contributed by atoms with Crippen molar-refractivity contribution in [3.8, 4) is 5.88 Å². The molecular weight excluding hydrogens is 586 g/mol. The fourth-order valence-electron chi connectivity index (χ4n) is 5.99. The molecule has 3 aromatic rings. The van der Waals surface area contributed by atoms with Crippen LogP contribution in [-0.2, 0) is 10.0 Å². The third-order valence-corrected chi connectivity index (χ3v) is 11.2. The van der Waals surface area contributed by atoms with Crippen LogP contribution in [0.2, 0.25) is 0 Å². The van der Waals surface area contributed by atoms with Crippen LogP contribution in [0.1, 0.15) is 47.3 Å². The van der Waals surface area contributed by atoms with E-state index in [1.54, 1.807) is 12.1 Å². The molecule has 1 unspecified atom stereocenters. The lowest BCUT2D eigenvalue weighted by molar-refractivity contribution is 0.103. The van der Waals surface area contributed by atoms with E-state index in [0.717, 1.165) is 55.8 Å². The van der Waals surface area contributed by atoms with Crippen LogP contribution in [0, 0.1) is 17.0 Å². The van der Waals surface area contributed by atoms with E-state index in [4.69, 9.17) is 10.5 Å². The molecule has 2 aliphatic heterocycles. The lowest BCUT2D eigenvalue weighted by atomic mass is 9.95. The topological polar surface area (TPSA) is 131 Å². The first-order chi connectivity index (χ1) is 20.1. The van der Waals surface area contributed by atoms with Crippen LogP contribution in [0.25, 0.3) is 0 Å². The summed E-state index contributed by atoms with van der Waals surface area (Å²) in [6, 6.07) is 6.22. The number of ether oxygens (including phenoxy) is 1. The number of thiazole rings is 1. The minimum Gasteiger partial charge on any atom is -0.474 e. The number of sulfonamides is 1. The van der Waals surface area contributed by atoms with E-state index in [0.29, 0.717) is 23.9 Å². The first-order valence-corrected chi connectivity index (χ1v) is 16.1. The Morgan fingerprint density at radius 2 is 1.90 bits per heavy atom. The predicted octanol–water partition coefficient (Wildman–Crippen LogP) is 3.76. The van der Waals surface area contributed by atoms with E-state index in [9.17, 15) is 22.0 Å². The monoisotopic (exact) mass is 618 g/mol. The van der Waals surface area contributed by atoms with Gasteiger partial charge in [0.25, 0.3) is 0 Å². The Bertz CT molecular complexity index is 1570. The summed E-state index contributed by atoms with van der Waals surface area (Å²) in [5.74, 6) is -2.52. The molecule has 10 nitrogen and oxygen atoms in total. The highest BCUT2D eigenvalue weighted by molar-refractivity contribution is 7.89. The van der Waals surface area contributed by atoms with E-state index in [-0.39, 0.29) is 46.2 Å². The lowest BCUT2D eigenvalue weighted by Crippen LogP contribution is -2.42. The first kappa shape index (κ1) is 28.9. The van der Waals surface area contributed by atoms with Crippen molar-refractivity contribution >= 4 is 38.1 Å². The number of nitrogens with one attached hydrogen (secondary N) is 1. The minimum absolute atomic E-state index is 0.0654. The fraction of sp³-hybridized carbons (Fsp3) is 0.464. The van der Waals surface area contributed by atoms with Crippen molar-refractivity contribution in [1.82, 2.24) is 19.2 Å². The number of nitrogens with two attached hydrogens (primary N) is 1. The fourth-order valence-corrected chi connectivity index (χ4v) is 8.31. The molecular formula is C28H32F2N6O4S2. The summed E-state index contributed by atoms with van der Waals surface area (Å²) >= 11 is 0.909. The molecule has 224 valence electrons. The third kappa shape index (κ3) is 5.60. The summed E-state index contributed by atoms with van der Waals surface area (Å²) in [6.07, 6.45) is 5.73. The molecule has 42 heavy (non-hydrogen) atoms. The molecule has 1 aliphatic carbocycles. The Morgan fingerprint density at radius 1 is 1.17 bits per heavy atom. The van der Waals surface area contributed by atoms with Gasteiger partial charge in [0.05, 0.1) is 11.8 Å². The number of piperidine rings is 2. The normalized spacial score (nSPS) is 23.6. The molecule has 3 fully saturated rings. The maximum absolute atomic E-state index is 14.1. The SMILES string of the molecule is CN1CCC[C@]2(CC2Oc2ccc(S(=O)(=O)N3CCC(Nc4nc(N)c(C(=O)c5c(F)cccc5F)s4)CC3)cn2)C1. The van der Waals surface area contributed by atoms with Crippen LogP contribution < -0.4 is 15.8 Å². The average Bonchev–Trinajstić information content (AvgIpc) is 3.44. The molecule has 1 spiro atoms. The molecule has 2 aromatic heterocycles. The van der Waals surface area contributed by atoms with Crippen molar-refractivity contribution in [2.45, 2.75) is 49.1 Å². The maximum atomic E-state index is 14.1. The van der Waals surface area contributed by atoms with Gasteiger partial charge in [-0.05, 0) is 63.9 Å². The van der Waals surface area contributed by atoms with Gasteiger partial charge < -0.3 is 20.7 Å². The van der Waals surface area contributed by atoms with E-state index < -0.39 is 33.0 Å². The van der Waals surface area contributed by atoms with E-state index in [1.165, 1.54) is 16.6 Å². The van der Waals surface area contributed by atoms with Crippen molar-refractivity contribution in [3.63, 3.8) is 0 Å². The Balaban J connectivity index is 1.04. The Kier molecular flexibility index (Phi) is 7.66. The number of hydrogen-bond acceptors (Lipinski definition) is 10. The maximum Gasteiger partial charge on any atom is 0.244 e. The van der Waals surface area contributed by atoms with Crippen molar-refractivity contribution in [2.75, 3.05) is 44.3 Å². The smallest absolute Gasteiger partial charge is 0.244 e. The summed E-state index contributed by atoms with van der Waals surface area (Å²) in [5.41, 5.74) is 5.41. The summed E-state index contributed by atoms with van der Waals surface area (Å²) in [4.78, 5) is 23.6. The number of pyridine rings is 1. The number of nitrogen functional groups attached to an aromatic ring is 1. The molecule has 1 aromatic carbocycles. The molecule has 6 rings (SSSR count). The van der Waals surface area contributed by atoms with Crippen molar-refractivity contribution < 1.29 is 26.7 Å². The van der Waals surface area contributed by atoms with Gasteiger partial charge in [-0.15, -0.1) is 0 Å². The Labute approximate surface area is 246 Å². The van der Waals surface area contributed by atoms with Gasteiger partial charge in [0.15, 0.2) is 5.13 Å². The van der Waals surface area contributed by atoms with Crippen molar-refractivity contribution in [2.24, 2.45) is 5.41 Å². The number of ketones is 1. The van der Waals surface area contributed by atoms with Crippen LogP contribution in [-0.4, -0.2) is 78.7 Å². The number of carbonyl (C=O) groups excluding carboxylic acids is 1. The Morgan fingerprint density at radius 3 is 2.57 bits per heavy atom. The van der Waals surface area contributed by atoms with Crippen LogP contribution in [0.3, 0.4) is 0 Å². The van der Waals surface area contributed by atoms with Crippen LogP contribution in [0.15, 0.2) is 41.4 Å². The highest BCUT2D eigenvalue weighted by Crippen LogP contribution is 2.53. The molecule has 3 aliphatic rings. The van der Waals surface area contributed by atoms with E-state index in [1.807, 2.05) is 0 Å². The van der Waals surface area contributed by atoms with Crippen LogP contribution in [0.4, 0.5) is 19.7 Å². The van der Waals surface area contributed by atoms with Crippen LogP contribution in [0.5, 0.6) is 5.88 Å². The van der Waals surface area contributed by atoms with Crippen molar-refractivity contribution in [1.29, 1.82) is 0 Å². The third-order valence-electron chi connectivity index (χ3n) is 8.36. The van der Waals surface area contributed by atoms with Gasteiger partial charge in [0.2, 0.25) is 21.7 Å². The number of likely N-dealkylation sites (tertiary alicyclic amines) is 1. The molecule has 1 saturated carbocycles. The Hall–Kier alpha value is -3.20. The second kappa shape index (κ2) is 11.1. The summed E-state index contributed by atoms with van der Waals surface area (Å²) in [6.45, 7) is 2.65. The second-order valence-corrected chi connectivity index (χ2v) is 14.3. The van der Waals surface area contributed by atoms with Gasteiger partial charge in [0, 0.05) is 37.2 Å². The van der Waals surface area contributed by atoms with Crippen molar-refractivity contribution in [3.05, 3.63) is 58.6 Å². The quantitative estimate of drug-likeness (QED) is 0.363. The van der Waals surface area contributed by atoms with E-state index >= 15 is 0 Å². The molecule has 2 saturated heterocycles. The predicted molar refractivity (Wildman–Crippen MR) is 154 cm³/mol. The molecule has 14 heteroatoms. The number of nitrogens with zero attached hydrogens (tertiary/aromatic N) is 4. The number of aromatic nitrogens is 2. The summed E-state index contributed by atoms with van der Waals surface area (Å²) in [5, 5.41) is 3.51. The number of hydrogen-bond donors (Lipinski definition) is 2. The zero-order valence-electron chi connectivity index (χ0n) is 23.1. The lowest BCUT2D eigenvalue weighted by Gasteiger charge is -2.31. The average molecular weight is 619 g/mol.